The minimum absolute atomic E-state index is 0.202. The molecule has 2 aromatic carbocycles. The molecular formula is C13H10F. The van der Waals surface area contributed by atoms with Gasteiger partial charge in [-0.25, -0.2) is 4.39 Å². The summed E-state index contributed by atoms with van der Waals surface area (Å²) in [7, 11) is 0. The molecule has 0 aromatic heterocycles. The van der Waals surface area contributed by atoms with Crippen molar-refractivity contribution >= 4 is 0 Å². The van der Waals surface area contributed by atoms with Crippen LogP contribution in [0.1, 0.15) is 5.56 Å². The van der Waals surface area contributed by atoms with Crippen LogP contribution in [0.15, 0.2) is 42.5 Å². The van der Waals surface area contributed by atoms with E-state index in [2.05, 4.69) is 6.07 Å². The summed E-state index contributed by atoms with van der Waals surface area (Å²) in [6.45, 7) is 2.00. The van der Waals surface area contributed by atoms with E-state index in [-0.39, 0.29) is 5.82 Å². The smallest absolute Gasteiger partial charge is 0.123 e. The van der Waals surface area contributed by atoms with E-state index < -0.39 is 0 Å². The molecule has 0 unspecified atom stereocenters. The summed E-state index contributed by atoms with van der Waals surface area (Å²) < 4.78 is 12.7. The van der Waals surface area contributed by atoms with Gasteiger partial charge in [-0.2, -0.15) is 0 Å². The van der Waals surface area contributed by atoms with E-state index in [1.54, 1.807) is 12.1 Å². The molecule has 0 aliphatic rings. The largest absolute Gasteiger partial charge is 0.207 e. The highest BCUT2D eigenvalue weighted by Crippen LogP contribution is 2.22. The minimum atomic E-state index is -0.202. The van der Waals surface area contributed by atoms with Crippen LogP contribution in [-0.4, -0.2) is 0 Å². The van der Waals surface area contributed by atoms with Gasteiger partial charge in [0.05, 0.1) is 0 Å². The van der Waals surface area contributed by atoms with Crippen molar-refractivity contribution in [3.63, 3.8) is 0 Å². The van der Waals surface area contributed by atoms with Gasteiger partial charge in [0.2, 0.25) is 0 Å². The lowest BCUT2D eigenvalue weighted by Crippen LogP contribution is -1.82. The standard InChI is InChI=1S/C13H10F/c1-10-4-2-3-5-13(10)11-6-8-12(14)9-7-11/h2-3,5-9H,1H3. The summed E-state index contributed by atoms with van der Waals surface area (Å²) in [6, 6.07) is 15.5. The van der Waals surface area contributed by atoms with Crippen LogP contribution < -0.4 is 0 Å². The molecule has 0 N–H and O–H groups in total. The minimum Gasteiger partial charge on any atom is -0.207 e. The average Bonchev–Trinajstić information content (AvgIpc) is 2.20. The number of aryl methyl sites for hydroxylation is 1. The first-order valence-corrected chi connectivity index (χ1v) is 4.50. The summed E-state index contributed by atoms with van der Waals surface area (Å²) >= 11 is 0. The predicted molar refractivity (Wildman–Crippen MR) is 55.4 cm³/mol. The summed E-state index contributed by atoms with van der Waals surface area (Å²) in [5, 5.41) is 0. The highest BCUT2D eigenvalue weighted by atomic mass is 19.1. The van der Waals surface area contributed by atoms with Crippen molar-refractivity contribution in [3.05, 3.63) is 59.9 Å². The highest BCUT2D eigenvalue weighted by molar-refractivity contribution is 5.66. The van der Waals surface area contributed by atoms with Crippen LogP contribution >= 0.6 is 0 Å². The zero-order chi connectivity index (χ0) is 9.97. The lowest BCUT2D eigenvalue weighted by Gasteiger charge is -2.04. The summed E-state index contributed by atoms with van der Waals surface area (Å²) in [6.07, 6.45) is 0. The Hall–Kier alpha value is -1.63. The number of hydrogen-bond donors (Lipinski definition) is 0. The maximum Gasteiger partial charge on any atom is 0.123 e. The molecule has 0 atom stereocenters. The van der Waals surface area contributed by atoms with Gasteiger partial charge >= 0.3 is 0 Å². The quantitative estimate of drug-likeness (QED) is 0.636. The molecule has 0 bridgehead atoms. The zero-order valence-electron chi connectivity index (χ0n) is 7.92. The van der Waals surface area contributed by atoms with Crippen molar-refractivity contribution in [2.45, 2.75) is 6.92 Å². The first kappa shape index (κ1) is 8.95. The van der Waals surface area contributed by atoms with Crippen molar-refractivity contribution < 1.29 is 4.39 Å². The molecule has 2 rings (SSSR count). The lowest BCUT2D eigenvalue weighted by atomic mass is 10.0. The summed E-state index contributed by atoms with van der Waals surface area (Å²) in [4.78, 5) is 0. The fraction of sp³-hybridized carbons (Fsp3) is 0.0769. The van der Waals surface area contributed by atoms with Crippen molar-refractivity contribution in [2.24, 2.45) is 0 Å². The second kappa shape index (κ2) is 3.62. The van der Waals surface area contributed by atoms with Crippen molar-refractivity contribution in [1.29, 1.82) is 0 Å². The zero-order valence-corrected chi connectivity index (χ0v) is 7.92. The highest BCUT2D eigenvalue weighted by Gasteiger charge is 2.00. The van der Waals surface area contributed by atoms with Gasteiger partial charge in [-0.05, 0) is 41.8 Å². The van der Waals surface area contributed by atoms with Gasteiger partial charge in [0.1, 0.15) is 5.82 Å². The fourth-order valence-corrected chi connectivity index (χ4v) is 1.46. The van der Waals surface area contributed by atoms with Gasteiger partial charge in [0.25, 0.3) is 0 Å². The van der Waals surface area contributed by atoms with Crippen LogP contribution in [0.3, 0.4) is 0 Å². The van der Waals surface area contributed by atoms with Crippen LogP contribution in [0.4, 0.5) is 4.39 Å². The van der Waals surface area contributed by atoms with E-state index in [1.807, 2.05) is 25.1 Å². The molecule has 1 radical (unpaired) electrons. The number of hydrogen-bond acceptors (Lipinski definition) is 0. The van der Waals surface area contributed by atoms with Crippen LogP contribution in [0, 0.1) is 18.8 Å². The molecule has 0 fully saturated rings. The first-order chi connectivity index (χ1) is 6.77. The van der Waals surface area contributed by atoms with Crippen molar-refractivity contribution in [3.8, 4) is 11.1 Å². The summed E-state index contributed by atoms with van der Waals surface area (Å²) in [5.41, 5.74) is 3.22. The van der Waals surface area contributed by atoms with Crippen LogP contribution in [0.5, 0.6) is 0 Å². The third-order valence-corrected chi connectivity index (χ3v) is 2.22. The van der Waals surface area contributed by atoms with E-state index in [4.69, 9.17) is 0 Å². The van der Waals surface area contributed by atoms with Crippen molar-refractivity contribution in [1.82, 2.24) is 0 Å². The predicted octanol–water partition coefficient (Wildman–Crippen LogP) is 3.60. The van der Waals surface area contributed by atoms with Gasteiger partial charge in [-0.1, -0.05) is 30.3 Å². The molecular weight excluding hydrogens is 175 g/mol. The molecule has 0 nitrogen and oxygen atoms in total. The Bertz CT molecular complexity index is 429. The maximum absolute atomic E-state index is 12.7. The third-order valence-electron chi connectivity index (χ3n) is 2.22. The van der Waals surface area contributed by atoms with Crippen LogP contribution in [0.25, 0.3) is 11.1 Å². The van der Waals surface area contributed by atoms with E-state index in [0.29, 0.717) is 0 Å². The molecule has 0 spiro atoms. The monoisotopic (exact) mass is 185 g/mol. The molecule has 14 heavy (non-hydrogen) atoms. The van der Waals surface area contributed by atoms with Crippen molar-refractivity contribution in [2.75, 3.05) is 0 Å². The Morgan fingerprint density at radius 1 is 1.07 bits per heavy atom. The van der Waals surface area contributed by atoms with Gasteiger partial charge < -0.3 is 0 Å². The normalized spacial score (nSPS) is 10.1. The average molecular weight is 185 g/mol. The summed E-state index contributed by atoms with van der Waals surface area (Å²) in [5.74, 6) is -0.202. The van der Waals surface area contributed by atoms with Crippen LogP contribution in [-0.2, 0) is 0 Å². The molecule has 0 saturated heterocycles. The maximum atomic E-state index is 12.7. The van der Waals surface area contributed by atoms with E-state index >= 15 is 0 Å². The first-order valence-electron chi connectivity index (χ1n) is 4.50. The molecule has 69 valence electrons. The molecule has 0 heterocycles. The number of halogens is 1. The topological polar surface area (TPSA) is 0 Å². The Kier molecular flexibility index (Phi) is 2.32. The van der Waals surface area contributed by atoms with Gasteiger partial charge in [0.15, 0.2) is 0 Å². The van der Waals surface area contributed by atoms with E-state index in [0.717, 1.165) is 16.7 Å². The van der Waals surface area contributed by atoms with Gasteiger partial charge in [0, 0.05) is 0 Å². The third kappa shape index (κ3) is 1.67. The molecule has 1 heteroatoms. The Labute approximate surface area is 83.0 Å². The number of benzene rings is 2. The van der Waals surface area contributed by atoms with Crippen LogP contribution in [0.2, 0.25) is 0 Å². The van der Waals surface area contributed by atoms with Gasteiger partial charge in [-0.15, -0.1) is 0 Å². The van der Waals surface area contributed by atoms with E-state index in [1.165, 1.54) is 12.1 Å². The Balaban J connectivity index is 2.50. The molecule has 0 aliphatic heterocycles. The lowest BCUT2D eigenvalue weighted by molar-refractivity contribution is 0.628. The second-order valence-electron chi connectivity index (χ2n) is 3.22. The SMILES string of the molecule is Cc1[c]cccc1-c1ccc(F)cc1. The van der Waals surface area contributed by atoms with Gasteiger partial charge in [-0.3, -0.25) is 0 Å². The van der Waals surface area contributed by atoms with E-state index in [9.17, 15) is 4.39 Å². The second-order valence-corrected chi connectivity index (χ2v) is 3.22. The molecule has 0 aliphatic carbocycles. The fourth-order valence-electron chi connectivity index (χ4n) is 1.46. The molecule has 0 saturated carbocycles. The molecule has 0 amide bonds. The molecule has 2 aromatic rings. The Morgan fingerprint density at radius 2 is 1.79 bits per heavy atom. The Morgan fingerprint density at radius 3 is 2.43 bits per heavy atom. The number of rotatable bonds is 1.